The fraction of sp³-hybridized carbons (Fsp3) is 0.231. The summed E-state index contributed by atoms with van der Waals surface area (Å²) in [5.41, 5.74) is 1.69. The highest BCUT2D eigenvalue weighted by Gasteiger charge is 2.11. The molecule has 1 heterocycles. The van der Waals surface area contributed by atoms with Crippen LogP contribution in [-0.4, -0.2) is 17.1 Å². The van der Waals surface area contributed by atoms with E-state index >= 15 is 0 Å². The minimum Gasteiger partial charge on any atom is -0.374 e. The van der Waals surface area contributed by atoms with Gasteiger partial charge in [-0.1, -0.05) is 35.3 Å². The molecule has 3 nitrogen and oxygen atoms in total. The highest BCUT2D eigenvalue weighted by molar-refractivity contribution is 6.30. The Bertz CT molecular complexity index is 543. The molecule has 0 aliphatic carbocycles. The fourth-order valence-corrected chi connectivity index (χ4v) is 1.81. The summed E-state index contributed by atoms with van der Waals surface area (Å²) in [7, 11) is 1.61. The average Bonchev–Trinajstić information content (AvgIpc) is 2.38. The molecule has 0 amide bonds. The van der Waals surface area contributed by atoms with Gasteiger partial charge in [-0.2, -0.15) is 0 Å². The van der Waals surface area contributed by atoms with Crippen LogP contribution in [-0.2, 0) is 4.74 Å². The summed E-state index contributed by atoms with van der Waals surface area (Å²) in [6.45, 7) is 1.87. The minimum atomic E-state index is -0.199. The zero-order chi connectivity index (χ0) is 13.1. The number of hydrogen-bond acceptors (Lipinski definition) is 3. The molecule has 0 N–H and O–H groups in total. The van der Waals surface area contributed by atoms with E-state index in [4.69, 9.17) is 27.9 Å². The first-order valence-electron chi connectivity index (χ1n) is 5.43. The first-order chi connectivity index (χ1) is 8.60. The third-order valence-electron chi connectivity index (χ3n) is 2.57. The van der Waals surface area contributed by atoms with Crippen molar-refractivity contribution in [2.75, 3.05) is 7.11 Å². The number of rotatable bonds is 3. The third kappa shape index (κ3) is 2.99. The first kappa shape index (κ1) is 13.3. The Labute approximate surface area is 116 Å². The van der Waals surface area contributed by atoms with Gasteiger partial charge in [0.25, 0.3) is 0 Å². The van der Waals surface area contributed by atoms with Crippen molar-refractivity contribution >= 4 is 23.2 Å². The molecule has 0 aliphatic rings. The number of hydrogen-bond donors (Lipinski definition) is 0. The predicted octanol–water partition coefficient (Wildman–Crippen LogP) is 4.16. The van der Waals surface area contributed by atoms with Crippen LogP contribution in [0.3, 0.4) is 0 Å². The highest BCUT2D eigenvalue weighted by Crippen LogP contribution is 2.24. The Morgan fingerprint density at radius 3 is 2.39 bits per heavy atom. The van der Waals surface area contributed by atoms with Crippen LogP contribution in [0.4, 0.5) is 0 Å². The van der Waals surface area contributed by atoms with Crippen LogP contribution in [0.25, 0.3) is 11.3 Å². The van der Waals surface area contributed by atoms with Gasteiger partial charge in [0, 0.05) is 23.8 Å². The summed E-state index contributed by atoms with van der Waals surface area (Å²) < 4.78 is 5.20. The number of methoxy groups -OCH3 is 1. The summed E-state index contributed by atoms with van der Waals surface area (Å²) in [5.74, 6) is 0.565. The maximum atomic E-state index is 6.00. The van der Waals surface area contributed by atoms with Crippen molar-refractivity contribution in [2.24, 2.45) is 0 Å². The molecular formula is C13H12Cl2N2O. The lowest BCUT2D eigenvalue weighted by Crippen LogP contribution is -2.04. The highest BCUT2D eigenvalue weighted by atomic mass is 35.5. The molecule has 0 saturated heterocycles. The van der Waals surface area contributed by atoms with Gasteiger partial charge in [0.2, 0.25) is 0 Å². The molecule has 2 aromatic rings. The van der Waals surface area contributed by atoms with Gasteiger partial charge < -0.3 is 4.74 Å². The molecule has 5 heteroatoms. The quantitative estimate of drug-likeness (QED) is 0.793. The van der Waals surface area contributed by atoms with E-state index in [1.165, 1.54) is 0 Å². The van der Waals surface area contributed by atoms with Gasteiger partial charge >= 0.3 is 0 Å². The molecular weight excluding hydrogens is 271 g/mol. The zero-order valence-corrected chi connectivity index (χ0v) is 11.5. The van der Waals surface area contributed by atoms with Crippen molar-refractivity contribution in [1.82, 2.24) is 9.97 Å². The number of ether oxygens (including phenoxy) is 1. The normalized spacial score (nSPS) is 12.4. The number of halogens is 2. The van der Waals surface area contributed by atoms with Crippen LogP contribution in [0.15, 0.2) is 30.3 Å². The Morgan fingerprint density at radius 1 is 1.11 bits per heavy atom. The van der Waals surface area contributed by atoms with Gasteiger partial charge in [0.05, 0.1) is 5.69 Å². The Morgan fingerprint density at radius 2 is 1.78 bits per heavy atom. The van der Waals surface area contributed by atoms with E-state index in [-0.39, 0.29) is 6.10 Å². The summed E-state index contributed by atoms with van der Waals surface area (Å²) in [6.07, 6.45) is -0.199. The van der Waals surface area contributed by atoms with Crippen molar-refractivity contribution in [3.63, 3.8) is 0 Å². The molecule has 2 rings (SSSR count). The third-order valence-corrected chi connectivity index (χ3v) is 3.01. The SMILES string of the molecule is COC(C)c1nc(Cl)cc(-c2ccc(Cl)cc2)n1. The second kappa shape index (κ2) is 5.65. The molecule has 0 radical (unpaired) electrons. The van der Waals surface area contributed by atoms with E-state index in [1.54, 1.807) is 13.2 Å². The Balaban J connectivity index is 2.44. The minimum absolute atomic E-state index is 0.199. The van der Waals surface area contributed by atoms with Gasteiger partial charge in [-0.15, -0.1) is 0 Å². The molecule has 0 aliphatic heterocycles. The molecule has 0 saturated carbocycles. The lowest BCUT2D eigenvalue weighted by molar-refractivity contribution is 0.112. The van der Waals surface area contributed by atoms with Crippen LogP contribution in [0, 0.1) is 0 Å². The summed E-state index contributed by atoms with van der Waals surface area (Å²) >= 11 is 11.9. The first-order valence-corrected chi connectivity index (χ1v) is 6.19. The van der Waals surface area contributed by atoms with Crippen LogP contribution >= 0.6 is 23.2 Å². The molecule has 1 aromatic heterocycles. The maximum absolute atomic E-state index is 6.00. The second-order valence-corrected chi connectivity index (χ2v) is 4.64. The van der Waals surface area contributed by atoms with Gasteiger partial charge in [-0.3, -0.25) is 0 Å². The van der Waals surface area contributed by atoms with Crippen molar-refractivity contribution in [1.29, 1.82) is 0 Å². The molecule has 18 heavy (non-hydrogen) atoms. The Kier molecular flexibility index (Phi) is 4.17. The predicted molar refractivity (Wildman–Crippen MR) is 72.9 cm³/mol. The number of nitrogens with zero attached hydrogens (tertiary/aromatic N) is 2. The van der Waals surface area contributed by atoms with E-state index in [0.717, 1.165) is 11.3 Å². The molecule has 1 unspecified atom stereocenters. The summed E-state index contributed by atoms with van der Waals surface area (Å²) in [6, 6.07) is 9.12. The standard InChI is InChI=1S/C13H12Cl2N2O/c1-8(18-2)13-16-11(7-12(15)17-13)9-3-5-10(14)6-4-9/h3-8H,1-2H3. The topological polar surface area (TPSA) is 35.0 Å². The fourth-order valence-electron chi connectivity index (χ4n) is 1.49. The number of benzene rings is 1. The zero-order valence-electron chi connectivity index (χ0n) is 10.0. The summed E-state index contributed by atoms with van der Waals surface area (Å²) in [5, 5.41) is 1.08. The monoisotopic (exact) mass is 282 g/mol. The lowest BCUT2D eigenvalue weighted by atomic mass is 10.1. The van der Waals surface area contributed by atoms with Crippen molar-refractivity contribution < 1.29 is 4.74 Å². The molecule has 0 fully saturated rings. The molecule has 0 bridgehead atoms. The largest absolute Gasteiger partial charge is 0.374 e. The smallest absolute Gasteiger partial charge is 0.159 e. The van der Waals surface area contributed by atoms with Gasteiger partial charge in [-0.25, -0.2) is 9.97 Å². The van der Waals surface area contributed by atoms with Crippen molar-refractivity contribution in [3.8, 4) is 11.3 Å². The van der Waals surface area contributed by atoms with Crippen molar-refractivity contribution in [2.45, 2.75) is 13.0 Å². The van der Waals surface area contributed by atoms with Gasteiger partial charge in [0.1, 0.15) is 11.3 Å². The molecule has 1 aromatic carbocycles. The van der Waals surface area contributed by atoms with Crippen LogP contribution in [0.5, 0.6) is 0 Å². The number of aromatic nitrogens is 2. The second-order valence-electron chi connectivity index (χ2n) is 3.82. The van der Waals surface area contributed by atoms with Crippen LogP contribution < -0.4 is 0 Å². The Hall–Kier alpha value is -1.16. The molecule has 0 spiro atoms. The van der Waals surface area contributed by atoms with E-state index in [1.807, 2.05) is 31.2 Å². The maximum Gasteiger partial charge on any atom is 0.159 e. The van der Waals surface area contributed by atoms with E-state index < -0.39 is 0 Å². The molecule has 94 valence electrons. The molecule has 1 atom stereocenters. The van der Waals surface area contributed by atoms with E-state index in [9.17, 15) is 0 Å². The van der Waals surface area contributed by atoms with Gasteiger partial charge in [0.15, 0.2) is 5.82 Å². The average molecular weight is 283 g/mol. The lowest BCUT2D eigenvalue weighted by Gasteiger charge is -2.10. The van der Waals surface area contributed by atoms with Crippen LogP contribution in [0.1, 0.15) is 18.9 Å². The van der Waals surface area contributed by atoms with E-state index in [0.29, 0.717) is 16.0 Å². The van der Waals surface area contributed by atoms with Gasteiger partial charge in [-0.05, 0) is 19.1 Å². The van der Waals surface area contributed by atoms with Crippen LogP contribution in [0.2, 0.25) is 10.2 Å². The van der Waals surface area contributed by atoms with Crippen molar-refractivity contribution in [3.05, 3.63) is 46.3 Å². The van der Waals surface area contributed by atoms with E-state index in [2.05, 4.69) is 9.97 Å². The summed E-state index contributed by atoms with van der Waals surface area (Å²) in [4.78, 5) is 8.59.